The molecule has 0 aliphatic heterocycles. The lowest BCUT2D eigenvalue weighted by Gasteiger charge is -2.18. The Hall–Kier alpha value is -2.30. The second-order valence-corrected chi connectivity index (χ2v) is 5.21. The predicted octanol–water partition coefficient (Wildman–Crippen LogP) is 3.92. The molecule has 22 heavy (non-hydrogen) atoms. The summed E-state index contributed by atoms with van der Waals surface area (Å²) in [6.45, 7) is 1.96. The van der Waals surface area contributed by atoms with Crippen molar-refractivity contribution in [2.24, 2.45) is 0 Å². The maximum Gasteiger partial charge on any atom is 0.134 e. The molecule has 0 aliphatic carbocycles. The fourth-order valence-corrected chi connectivity index (χ4v) is 2.44. The first-order valence-electron chi connectivity index (χ1n) is 7.33. The standard InChI is InChI=1S/C18H19NO3/c1-13(19-15(12-20)18-8-5-11-21-18)16-9-10-17(22-16)14-6-3-2-4-7-14/h2-11,13,15,19-20H,12H2,1H3. The van der Waals surface area contributed by atoms with E-state index < -0.39 is 0 Å². The maximum atomic E-state index is 9.52. The monoisotopic (exact) mass is 297 g/mol. The molecule has 2 atom stereocenters. The summed E-state index contributed by atoms with van der Waals surface area (Å²) in [6.07, 6.45) is 1.60. The molecule has 3 aromatic rings. The fourth-order valence-electron chi connectivity index (χ4n) is 2.44. The Morgan fingerprint density at radius 1 is 1.00 bits per heavy atom. The van der Waals surface area contributed by atoms with Crippen molar-refractivity contribution in [3.63, 3.8) is 0 Å². The van der Waals surface area contributed by atoms with E-state index in [0.29, 0.717) is 5.76 Å². The minimum Gasteiger partial charge on any atom is -0.468 e. The maximum absolute atomic E-state index is 9.52. The van der Waals surface area contributed by atoms with Crippen LogP contribution in [0.5, 0.6) is 0 Å². The van der Waals surface area contributed by atoms with E-state index >= 15 is 0 Å². The number of hydrogen-bond donors (Lipinski definition) is 2. The zero-order chi connectivity index (χ0) is 15.4. The summed E-state index contributed by atoms with van der Waals surface area (Å²) >= 11 is 0. The molecule has 2 aromatic heterocycles. The van der Waals surface area contributed by atoms with Crippen LogP contribution in [0.3, 0.4) is 0 Å². The van der Waals surface area contributed by atoms with Crippen LogP contribution in [-0.4, -0.2) is 11.7 Å². The summed E-state index contributed by atoms with van der Waals surface area (Å²) in [6, 6.07) is 17.3. The van der Waals surface area contributed by atoms with E-state index in [4.69, 9.17) is 8.83 Å². The average Bonchev–Trinajstić information content (AvgIpc) is 3.24. The van der Waals surface area contributed by atoms with Crippen molar-refractivity contribution in [3.05, 3.63) is 72.4 Å². The van der Waals surface area contributed by atoms with Crippen molar-refractivity contribution in [2.45, 2.75) is 19.0 Å². The molecule has 0 radical (unpaired) electrons. The molecule has 0 saturated carbocycles. The van der Waals surface area contributed by atoms with Crippen LogP contribution < -0.4 is 5.32 Å². The third kappa shape index (κ3) is 3.13. The SMILES string of the molecule is CC(NC(CO)c1ccco1)c1ccc(-c2ccccc2)o1. The normalized spacial score (nSPS) is 13.9. The summed E-state index contributed by atoms with van der Waals surface area (Å²) < 4.78 is 11.3. The molecule has 0 bridgehead atoms. The highest BCUT2D eigenvalue weighted by atomic mass is 16.3. The lowest BCUT2D eigenvalue weighted by Crippen LogP contribution is -2.26. The lowest BCUT2D eigenvalue weighted by molar-refractivity contribution is 0.213. The van der Waals surface area contributed by atoms with Gasteiger partial charge in [-0.15, -0.1) is 0 Å². The Morgan fingerprint density at radius 3 is 2.50 bits per heavy atom. The van der Waals surface area contributed by atoms with Gasteiger partial charge in [-0.3, -0.25) is 5.32 Å². The number of rotatable bonds is 6. The second kappa shape index (κ2) is 6.64. The molecule has 4 heteroatoms. The van der Waals surface area contributed by atoms with Gasteiger partial charge < -0.3 is 13.9 Å². The Labute approximate surface area is 129 Å². The minimum atomic E-state index is -0.254. The van der Waals surface area contributed by atoms with Crippen LogP contribution in [0.25, 0.3) is 11.3 Å². The highest BCUT2D eigenvalue weighted by Crippen LogP contribution is 2.26. The van der Waals surface area contributed by atoms with E-state index in [2.05, 4.69) is 5.32 Å². The summed E-state index contributed by atoms with van der Waals surface area (Å²) in [5, 5.41) is 12.8. The molecule has 0 spiro atoms. The molecule has 2 N–H and O–H groups in total. The van der Waals surface area contributed by atoms with Crippen molar-refractivity contribution in [1.82, 2.24) is 5.32 Å². The van der Waals surface area contributed by atoms with Crippen LogP contribution >= 0.6 is 0 Å². The highest BCUT2D eigenvalue weighted by Gasteiger charge is 2.19. The van der Waals surface area contributed by atoms with Gasteiger partial charge in [-0.05, 0) is 31.2 Å². The predicted molar refractivity (Wildman–Crippen MR) is 84.2 cm³/mol. The number of benzene rings is 1. The zero-order valence-corrected chi connectivity index (χ0v) is 12.4. The number of aliphatic hydroxyl groups excluding tert-OH is 1. The van der Waals surface area contributed by atoms with Gasteiger partial charge in [0.1, 0.15) is 17.3 Å². The first-order chi connectivity index (χ1) is 10.8. The van der Waals surface area contributed by atoms with Crippen molar-refractivity contribution in [2.75, 3.05) is 6.61 Å². The smallest absolute Gasteiger partial charge is 0.134 e. The van der Waals surface area contributed by atoms with Gasteiger partial charge in [-0.1, -0.05) is 30.3 Å². The first-order valence-corrected chi connectivity index (χ1v) is 7.33. The number of aliphatic hydroxyl groups is 1. The molecule has 0 aliphatic rings. The average molecular weight is 297 g/mol. The van der Waals surface area contributed by atoms with E-state index in [0.717, 1.165) is 17.1 Å². The van der Waals surface area contributed by atoms with E-state index in [-0.39, 0.29) is 18.7 Å². The summed E-state index contributed by atoms with van der Waals surface area (Å²) in [5.41, 5.74) is 1.05. The van der Waals surface area contributed by atoms with Gasteiger partial charge in [0.05, 0.1) is 25.0 Å². The van der Waals surface area contributed by atoms with Crippen LogP contribution in [0.1, 0.15) is 30.5 Å². The van der Waals surface area contributed by atoms with E-state index in [9.17, 15) is 5.11 Å². The minimum absolute atomic E-state index is 0.0376. The molecule has 114 valence electrons. The number of furan rings is 2. The number of hydrogen-bond acceptors (Lipinski definition) is 4. The van der Waals surface area contributed by atoms with Crippen LogP contribution in [0.2, 0.25) is 0 Å². The van der Waals surface area contributed by atoms with Gasteiger partial charge in [0.25, 0.3) is 0 Å². The largest absolute Gasteiger partial charge is 0.468 e. The molecular weight excluding hydrogens is 278 g/mol. The van der Waals surface area contributed by atoms with Crippen molar-refractivity contribution < 1.29 is 13.9 Å². The van der Waals surface area contributed by atoms with Crippen LogP contribution in [0.4, 0.5) is 0 Å². The summed E-state index contributed by atoms with van der Waals surface area (Å²) in [5.74, 6) is 2.37. The Balaban J connectivity index is 1.73. The van der Waals surface area contributed by atoms with Crippen molar-refractivity contribution in [1.29, 1.82) is 0 Å². The summed E-state index contributed by atoms with van der Waals surface area (Å²) in [4.78, 5) is 0. The molecular formula is C18H19NO3. The Kier molecular flexibility index (Phi) is 4.42. The van der Waals surface area contributed by atoms with Gasteiger partial charge in [-0.2, -0.15) is 0 Å². The topological polar surface area (TPSA) is 58.5 Å². The van der Waals surface area contributed by atoms with Gasteiger partial charge in [-0.25, -0.2) is 0 Å². The molecule has 0 saturated heterocycles. The Morgan fingerprint density at radius 2 is 1.82 bits per heavy atom. The third-order valence-electron chi connectivity index (χ3n) is 3.63. The van der Waals surface area contributed by atoms with Crippen LogP contribution in [-0.2, 0) is 0 Å². The fraction of sp³-hybridized carbons (Fsp3) is 0.222. The van der Waals surface area contributed by atoms with E-state index in [1.54, 1.807) is 6.26 Å². The van der Waals surface area contributed by atoms with E-state index in [1.807, 2.05) is 61.5 Å². The van der Waals surface area contributed by atoms with E-state index in [1.165, 1.54) is 0 Å². The quantitative estimate of drug-likeness (QED) is 0.724. The van der Waals surface area contributed by atoms with Crippen molar-refractivity contribution >= 4 is 0 Å². The van der Waals surface area contributed by atoms with Gasteiger partial charge in [0, 0.05) is 5.56 Å². The van der Waals surface area contributed by atoms with Crippen LogP contribution in [0, 0.1) is 0 Å². The lowest BCUT2D eigenvalue weighted by atomic mass is 10.1. The third-order valence-corrected chi connectivity index (χ3v) is 3.63. The second-order valence-electron chi connectivity index (χ2n) is 5.21. The number of nitrogens with one attached hydrogen (secondary N) is 1. The molecule has 3 rings (SSSR count). The molecule has 2 heterocycles. The molecule has 0 amide bonds. The van der Waals surface area contributed by atoms with Gasteiger partial charge in [0.2, 0.25) is 0 Å². The summed E-state index contributed by atoms with van der Waals surface area (Å²) in [7, 11) is 0. The molecule has 4 nitrogen and oxygen atoms in total. The van der Waals surface area contributed by atoms with Crippen molar-refractivity contribution in [3.8, 4) is 11.3 Å². The molecule has 1 aromatic carbocycles. The molecule has 2 unspecified atom stereocenters. The van der Waals surface area contributed by atoms with Gasteiger partial charge >= 0.3 is 0 Å². The van der Waals surface area contributed by atoms with Gasteiger partial charge in [0.15, 0.2) is 0 Å². The highest BCUT2D eigenvalue weighted by molar-refractivity contribution is 5.57. The zero-order valence-electron chi connectivity index (χ0n) is 12.4. The molecule has 0 fully saturated rings. The van der Waals surface area contributed by atoms with Crippen LogP contribution in [0.15, 0.2) is 69.7 Å². The first kappa shape index (κ1) is 14.6. The Bertz CT molecular complexity index is 688.